The summed E-state index contributed by atoms with van der Waals surface area (Å²) in [6.07, 6.45) is 0. The van der Waals surface area contributed by atoms with Crippen LogP contribution in [0.15, 0.2) is 53.3 Å². The first-order chi connectivity index (χ1) is 13.5. The normalized spacial score (nSPS) is 13.2. The molecular weight excluding hydrogens is 376 g/mol. The van der Waals surface area contributed by atoms with E-state index < -0.39 is 0 Å². The van der Waals surface area contributed by atoms with Crippen LogP contribution in [0.1, 0.15) is 31.3 Å². The lowest BCUT2D eigenvalue weighted by Crippen LogP contribution is -3.11. The number of aromatic amines is 1. The summed E-state index contributed by atoms with van der Waals surface area (Å²) in [7, 11) is 0. The quantitative estimate of drug-likeness (QED) is 0.567. The molecule has 0 saturated heterocycles. The first-order valence-corrected chi connectivity index (χ1v) is 9.71. The number of fused-ring (bicyclic) bond motifs is 1. The molecule has 0 fully saturated rings. The van der Waals surface area contributed by atoms with E-state index in [1.807, 2.05) is 56.3 Å². The van der Waals surface area contributed by atoms with Gasteiger partial charge in [0.15, 0.2) is 12.4 Å². The van der Waals surface area contributed by atoms with Crippen LogP contribution in [0.4, 0.5) is 0 Å². The van der Waals surface area contributed by atoms with E-state index in [0.717, 1.165) is 17.0 Å². The van der Waals surface area contributed by atoms with Crippen molar-refractivity contribution < 1.29 is 9.69 Å². The summed E-state index contributed by atoms with van der Waals surface area (Å²) in [5.41, 5.74) is 1.39. The van der Waals surface area contributed by atoms with Crippen LogP contribution in [0, 0.1) is 0 Å². The van der Waals surface area contributed by atoms with Crippen molar-refractivity contribution in [2.75, 3.05) is 13.1 Å². The van der Waals surface area contributed by atoms with Crippen LogP contribution in [-0.4, -0.2) is 29.0 Å². The van der Waals surface area contributed by atoms with E-state index in [0.29, 0.717) is 28.3 Å². The SMILES string of the molecule is CC[NH+](CC(=O)N[C@@H](C)c1ccccc1Cl)Cc1nc2ccccc2c(=O)[nH]1. The number of hydrogen-bond acceptors (Lipinski definition) is 3. The first kappa shape index (κ1) is 20.0. The molecule has 3 aromatic rings. The predicted octanol–water partition coefficient (Wildman–Crippen LogP) is 1.86. The van der Waals surface area contributed by atoms with E-state index in [9.17, 15) is 9.59 Å². The zero-order chi connectivity index (χ0) is 20.1. The van der Waals surface area contributed by atoms with Gasteiger partial charge in [-0.05, 0) is 37.6 Å². The van der Waals surface area contributed by atoms with Gasteiger partial charge in [0, 0.05) is 5.02 Å². The van der Waals surface area contributed by atoms with Crippen molar-refractivity contribution in [2.24, 2.45) is 0 Å². The molecule has 0 radical (unpaired) electrons. The second-order valence-electron chi connectivity index (χ2n) is 6.80. The molecule has 3 N–H and O–H groups in total. The van der Waals surface area contributed by atoms with Crippen LogP contribution in [0.2, 0.25) is 5.02 Å². The number of quaternary nitrogens is 1. The fourth-order valence-electron chi connectivity index (χ4n) is 3.19. The number of para-hydroxylation sites is 1. The highest BCUT2D eigenvalue weighted by molar-refractivity contribution is 6.31. The number of likely N-dealkylation sites (N-methyl/N-ethyl adjacent to an activating group) is 1. The number of hydrogen-bond donors (Lipinski definition) is 3. The number of rotatable bonds is 7. The number of nitrogens with one attached hydrogen (secondary N) is 3. The minimum Gasteiger partial charge on any atom is -0.345 e. The van der Waals surface area contributed by atoms with Crippen molar-refractivity contribution in [2.45, 2.75) is 26.4 Å². The molecule has 1 aromatic heterocycles. The van der Waals surface area contributed by atoms with Gasteiger partial charge in [0.25, 0.3) is 11.5 Å². The molecule has 1 unspecified atom stereocenters. The highest BCUT2D eigenvalue weighted by Gasteiger charge is 2.18. The first-order valence-electron chi connectivity index (χ1n) is 9.33. The largest absolute Gasteiger partial charge is 0.345 e. The highest BCUT2D eigenvalue weighted by atomic mass is 35.5. The zero-order valence-electron chi connectivity index (χ0n) is 16.0. The number of aromatic nitrogens is 2. The number of nitrogens with zero attached hydrogens (tertiary/aromatic N) is 1. The summed E-state index contributed by atoms with van der Waals surface area (Å²) in [5.74, 6) is 0.500. The summed E-state index contributed by atoms with van der Waals surface area (Å²) in [6.45, 7) is 5.38. The van der Waals surface area contributed by atoms with Crippen LogP contribution in [0.5, 0.6) is 0 Å². The zero-order valence-corrected chi connectivity index (χ0v) is 16.7. The molecular formula is C21H24ClN4O2+. The Labute approximate surface area is 168 Å². The van der Waals surface area contributed by atoms with Crippen molar-refractivity contribution in [1.82, 2.24) is 15.3 Å². The third-order valence-electron chi connectivity index (χ3n) is 4.74. The summed E-state index contributed by atoms with van der Waals surface area (Å²) in [4.78, 5) is 33.1. The number of carbonyl (C=O) groups is 1. The maximum atomic E-state index is 12.5. The summed E-state index contributed by atoms with van der Waals surface area (Å²) in [6, 6.07) is 14.5. The number of amides is 1. The van der Waals surface area contributed by atoms with E-state index in [4.69, 9.17) is 11.6 Å². The Hall–Kier alpha value is -2.70. The van der Waals surface area contributed by atoms with Gasteiger partial charge in [0.1, 0.15) is 6.54 Å². The van der Waals surface area contributed by atoms with E-state index >= 15 is 0 Å². The van der Waals surface area contributed by atoms with Gasteiger partial charge in [-0.2, -0.15) is 0 Å². The van der Waals surface area contributed by atoms with Crippen molar-refractivity contribution in [3.8, 4) is 0 Å². The maximum Gasteiger partial charge on any atom is 0.275 e. The van der Waals surface area contributed by atoms with Gasteiger partial charge in [-0.3, -0.25) is 9.59 Å². The predicted molar refractivity (Wildman–Crippen MR) is 110 cm³/mol. The van der Waals surface area contributed by atoms with Crippen molar-refractivity contribution in [3.05, 3.63) is 75.3 Å². The molecule has 146 valence electrons. The lowest BCUT2D eigenvalue weighted by atomic mass is 10.1. The van der Waals surface area contributed by atoms with E-state index in [2.05, 4.69) is 15.3 Å². The lowest BCUT2D eigenvalue weighted by molar-refractivity contribution is -0.904. The molecule has 28 heavy (non-hydrogen) atoms. The van der Waals surface area contributed by atoms with Crippen LogP contribution in [-0.2, 0) is 11.3 Å². The highest BCUT2D eigenvalue weighted by Crippen LogP contribution is 2.21. The molecule has 0 spiro atoms. The topological polar surface area (TPSA) is 79.3 Å². The maximum absolute atomic E-state index is 12.5. The monoisotopic (exact) mass is 399 g/mol. The Morgan fingerprint density at radius 1 is 1.21 bits per heavy atom. The molecule has 6 nitrogen and oxygen atoms in total. The fourth-order valence-corrected chi connectivity index (χ4v) is 3.49. The van der Waals surface area contributed by atoms with Crippen LogP contribution in [0.25, 0.3) is 10.9 Å². The molecule has 0 aliphatic carbocycles. The molecule has 2 aromatic carbocycles. The Balaban J connectivity index is 1.66. The van der Waals surface area contributed by atoms with Gasteiger partial charge >= 0.3 is 0 Å². The van der Waals surface area contributed by atoms with Crippen LogP contribution in [0.3, 0.4) is 0 Å². The molecule has 0 aliphatic heterocycles. The minimum absolute atomic E-state index is 0.0765. The number of halogens is 1. The molecule has 7 heteroatoms. The third-order valence-corrected chi connectivity index (χ3v) is 5.08. The van der Waals surface area contributed by atoms with Gasteiger partial charge in [-0.15, -0.1) is 0 Å². The second kappa shape index (κ2) is 8.99. The van der Waals surface area contributed by atoms with Gasteiger partial charge < -0.3 is 15.2 Å². The second-order valence-corrected chi connectivity index (χ2v) is 7.20. The molecule has 2 atom stereocenters. The average Bonchev–Trinajstić information content (AvgIpc) is 2.67. The lowest BCUT2D eigenvalue weighted by Gasteiger charge is -2.20. The van der Waals surface area contributed by atoms with E-state index in [1.54, 1.807) is 6.07 Å². The molecule has 1 heterocycles. The third kappa shape index (κ3) is 4.77. The van der Waals surface area contributed by atoms with Gasteiger partial charge in [-0.1, -0.05) is 41.9 Å². The summed E-state index contributed by atoms with van der Waals surface area (Å²) >= 11 is 6.21. The summed E-state index contributed by atoms with van der Waals surface area (Å²) in [5, 5.41) is 4.19. The standard InChI is InChI=1S/C21H23ClN4O2/c1-3-26(12-19-24-18-11-7-5-9-16(18)21(28)25-19)13-20(27)23-14(2)15-8-4-6-10-17(15)22/h4-11,14H,3,12-13H2,1-2H3,(H,23,27)(H,24,25,28)/p+1/t14-/m0/s1. The van der Waals surface area contributed by atoms with Crippen LogP contribution >= 0.6 is 11.6 Å². The number of carbonyl (C=O) groups excluding carboxylic acids is 1. The summed E-state index contributed by atoms with van der Waals surface area (Å²) < 4.78 is 0. The Morgan fingerprint density at radius 3 is 2.68 bits per heavy atom. The molecule has 0 aliphatic rings. The molecule has 0 bridgehead atoms. The van der Waals surface area contributed by atoms with E-state index in [-0.39, 0.29) is 24.1 Å². The number of H-pyrrole nitrogens is 1. The van der Waals surface area contributed by atoms with Crippen molar-refractivity contribution in [1.29, 1.82) is 0 Å². The van der Waals surface area contributed by atoms with Gasteiger partial charge in [0.2, 0.25) is 0 Å². The van der Waals surface area contributed by atoms with Crippen molar-refractivity contribution >= 4 is 28.4 Å². The molecule has 3 rings (SSSR count). The molecule has 0 saturated carbocycles. The Morgan fingerprint density at radius 2 is 1.93 bits per heavy atom. The minimum atomic E-state index is -0.182. The smallest absolute Gasteiger partial charge is 0.275 e. The van der Waals surface area contributed by atoms with Crippen LogP contribution < -0.4 is 15.8 Å². The van der Waals surface area contributed by atoms with Crippen molar-refractivity contribution in [3.63, 3.8) is 0 Å². The molecule has 1 amide bonds. The van der Waals surface area contributed by atoms with Gasteiger partial charge in [-0.25, -0.2) is 4.98 Å². The van der Waals surface area contributed by atoms with E-state index in [1.165, 1.54) is 0 Å². The number of benzene rings is 2. The Bertz CT molecular complexity index is 1030. The Kier molecular flexibility index (Phi) is 6.44. The van der Waals surface area contributed by atoms with Gasteiger partial charge in [0.05, 0.1) is 23.5 Å². The fraction of sp³-hybridized carbons (Fsp3) is 0.286. The average molecular weight is 400 g/mol.